The van der Waals surface area contributed by atoms with Gasteiger partial charge in [-0.3, -0.25) is 0 Å². The van der Waals surface area contributed by atoms with Crippen LogP contribution < -0.4 is 0 Å². The van der Waals surface area contributed by atoms with Gasteiger partial charge in [-0.15, -0.1) is 0 Å². The summed E-state index contributed by atoms with van der Waals surface area (Å²) in [5.41, 5.74) is 1.96. The quantitative estimate of drug-likeness (QED) is 0.602. The number of benzene rings is 2. The van der Waals surface area contributed by atoms with E-state index in [1.54, 1.807) is 0 Å². The fraction of sp³-hybridized carbons (Fsp3) is 0.333. The molecule has 1 aliphatic rings. The molecule has 25 heavy (non-hydrogen) atoms. The predicted molar refractivity (Wildman–Crippen MR) is 94.3 cm³/mol. The van der Waals surface area contributed by atoms with Crippen LogP contribution in [-0.2, 0) is 15.9 Å². The molecule has 3 rings (SSSR count). The molecule has 1 fully saturated rings. The predicted octanol–water partition coefficient (Wildman–Crippen LogP) is 2.16. The first kappa shape index (κ1) is 18.2. The first-order valence-electron chi connectivity index (χ1n) is 7.86. The van der Waals surface area contributed by atoms with Gasteiger partial charge < -0.3 is 29.9 Å². The number of halogens is 1. The van der Waals surface area contributed by atoms with Gasteiger partial charge in [-0.1, -0.05) is 30.3 Å². The minimum Gasteiger partial charge on any atom is -0.507 e. The number of aliphatic hydroxyl groups excluding tert-OH is 2. The van der Waals surface area contributed by atoms with E-state index in [9.17, 15) is 20.4 Å². The van der Waals surface area contributed by atoms with E-state index in [2.05, 4.69) is 15.9 Å². The van der Waals surface area contributed by atoms with Crippen molar-refractivity contribution in [3.05, 3.63) is 46.4 Å². The fourth-order valence-electron chi connectivity index (χ4n) is 2.98. The smallest absolute Gasteiger partial charge is 0.162 e. The van der Waals surface area contributed by atoms with Crippen LogP contribution in [0.4, 0.5) is 0 Å². The number of hydrogen-bond acceptors (Lipinski definition) is 6. The zero-order valence-corrected chi connectivity index (χ0v) is 14.9. The maximum absolute atomic E-state index is 10.4. The van der Waals surface area contributed by atoms with E-state index < -0.39 is 18.5 Å². The summed E-state index contributed by atoms with van der Waals surface area (Å²) in [6.07, 6.45) is -1.71. The third kappa shape index (κ3) is 3.65. The van der Waals surface area contributed by atoms with Gasteiger partial charge in [-0.05, 0) is 27.1 Å². The van der Waals surface area contributed by atoms with Crippen LogP contribution in [-0.4, -0.2) is 52.1 Å². The molecule has 0 aromatic heterocycles. The lowest BCUT2D eigenvalue weighted by Gasteiger charge is -2.18. The van der Waals surface area contributed by atoms with Crippen molar-refractivity contribution in [2.45, 2.75) is 24.9 Å². The highest BCUT2D eigenvalue weighted by Gasteiger charge is 2.36. The minimum atomic E-state index is -0.714. The zero-order valence-electron chi connectivity index (χ0n) is 13.3. The summed E-state index contributed by atoms with van der Waals surface area (Å²) in [6.45, 7) is -0.528. The normalized spacial score (nSPS) is 20.9. The van der Waals surface area contributed by atoms with Crippen LogP contribution in [0.15, 0.2) is 40.9 Å². The Labute approximate surface area is 153 Å². The second kappa shape index (κ2) is 7.72. The molecule has 2 aromatic rings. The molecule has 4 N–H and O–H groups in total. The lowest BCUT2D eigenvalue weighted by atomic mass is 9.96. The molecule has 0 saturated carbocycles. The van der Waals surface area contributed by atoms with Gasteiger partial charge in [-0.25, -0.2) is 0 Å². The zero-order chi connectivity index (χ0) is 18.0. The molecule has 2 aromatic carbocycles. The Morgan fingerprint density at radius 2 is 1.52 bits per heavy atom. The Balaban J connectivity index is 1.98. The summed E-state index contributed by atoms with van der Waals surface area (Å²) < 4.78 is 11.7. The average Bonchev–Trinajstić information content (AvgIpc) is 3.02. The van der Waals surface area contributed by atoms with E-state index in [0.717, 1.165) is 5.56 Å². The van der Waals surface area contributed by atoms with Gasteiger partial charge in [0.25, 0.3) is 0 Å². The molecule has 0 spiro atoms. The van der Waals surface area contributed by atoms with Gasteiger partial charge in [-0.2, -0.15) is 0 Å². The monoisotopic (exact) mass is 410 g/mol. The van der Waals surface area contributed by atoms with Gasteiger partial charge in [0.15, 0.2) is 6.29 Å². The van der Waals surface area contributed by atoms with Gasteiger partial charge in [0, 0.05) is 18.1 Å². The summed E-state index contributed by atoms with van der Waals surface area (Å²) >= 11 is 3.36. The van der Waals surface area contributed by atoms with E-state index in [-0.39, 0.29) is 31.1 Å². The van der Waals surface area contributed by atoms with Crippen LogP contribution in [0.5, 0.6) is 11.5 Å². The molecular weight excluding hydrogens is 392 g/mol. The van der Waals surface area contributed by atoms with Crippen molar-refractivity contribution in [2.24, 2.45) is 0 Å². The molecule has 7 heteroatoms. The van der Waals surface area contributed by atoms with Crippen LogP contribution in [0.25, 0.3) is 11.1 Å². The first-order chi connectivity index (χ1) is 12.0. The lowest BCUT2D eigenvalue weighted by Crippen LogP contribution is -2.29. The molecule has 0 unspecified atom stereocenters. The Morgan fingerprint density at radius 3 is 2.08 bits per heavy atom. The molecule has 2 atom stereocenters. The van der Waals surface area contributed by atoms with E-state index >= 15 is 0 Å². The summed E-state index contributed by atoms with van der Waals surface area (Å²) in [7, 11) is 0. The number of aromatic hydroxyl groups is 2. The first-order valence-corrected chi connectivity index (χ1v) is 8.65. The maximum atomic E-state index is 10.4. The van der Waals surface area contributed by atoms with Gasteiger partial charge in [0.05, 0.1) is 17.7 Å². The summed E-state index contributed by atoms with van der Waals surface area (Å²) in [5, 5.41) is 39.1. The molecule has 6 nitrogen and oxygen atoms in total. The van der Waals surface area contributed by atoms with Crippen molar-refractivity contribution in [2.75, 3.05) is 13.2 Å². The molecule has 0 aliphatic carbocycles. The lowest BCUT2D eigenvalue weighted by molar-refractivity contribution is -0.0725. The third-order valence-corrected chi connectivity index (χ3v) is 5.07. The van der Waals surface area contributed by atoms with Crippen LogP contribution in [0, 0.1) is 0 Å². The second-order valence-electron chi connectivity index (χ2n) is 5.80. The Kier molecular flexibility index (Phi) is 5.61. The molecule has 1 heterocycles. The largest absolute Gasteiger partial charge is 0.507 e. The summed E-state index contributed by atoms with van der Waals surface area (Å²) in [5.74, 6) is -0.153. The van der Waals surface area contributed by atoms with Gasteiger partial charge in [0.2, 0.25) is 0 Å². The van der Waals surface area contributed by atoms with Crippen molar-refractivity contribution in [1.29, 1.82) is 0 Å². The SMILES string of the molecule is OC[C@H]1OC(Cc2c(Br)c(O)cc(O)c2-c2ccccc2)O[C@@H]1CO. The molecule has 0 amide bonds. The third-order valence-electron chi connectivity index (χ3n) is 4.18. The maximum Gasteiger partial charge on any atom is 0.162 e. The van der Waals surface area contributed by atoms with Crippen molar-refractivity contribution >= 4 is 15.9 Å². The molecule has 0 radical (unpaired) electrons. The number of hydrogen-bond donors (Lipinski definition) is 4. The minimum absolute atomic E-state index is 0.0580. The van der Waals surface area contributed by atoms with Crippen LogP contribution in [0.3, 0.4) is 0 Å². The van der Waals surface area contributed by atoms with E-state index in [4.69, 9.17) is 9.47 Å². The molecule has 1 aliphatic heterocycles. The standard InChI is InChI=1S/C18H19BrO6/c19-18-11(6-16-24-14(8-20)15(9-21)25-16)17(12(22)7-13(18)23)10-4-2-1-3-5-10/h1-5,7,14-16,20-23H,6,8-9H2/t14-,15-/m1/s1. The Bertz CT molecular complexity index is 724. The number of rotatable bonds is 5. The highest BCUT2D eigenvalue weighted by atomic mass is 79.9. The topological polar surface area (TPSA) is 99.4 Å². The van der Waals surface area contributed by atoms with Crippen molar-refractivity contribution < 1.29 is 29.9 Å². The number of phenols is 2. The Morgan fingerprint density at radius 1 is 0.920 bits per heavy atom. The van der Waals surface area contributed by atoms with Crippen molar-refractivity contribution in [3.63, 3.8) is 0 Å². The summed E-state index contributed by atoms with van der Waals surface area (Å²) in [6, 6.07) is 10.6. The molecule has 1 saturated heterocycles. The van der Waals surface area contributed by atoms with Crippen LogP contribution in [0.1, 0.15) is 5.56 Å². The van der Waals surface area contributed by atoms with E-state index in [0.29, 0.717) is 15.6 Å². The van der Waals surface area contributed by atoms with Crippen LogP contribution in [0.2, 0.25) is 0 Å². The Hall–Kier alpha value is -1.64. The van der Waals surface area contributed by atoms with Crippen molar-refractivity contribution in [3.8, 4) is 22.6 Å². The van der Waals surface area contributed by atoms with Crippen molar-refractivity contribution in [1.82, 2.24) is 0 Å². The molecule has 134 valence electrons. The van der Waals surface area contributed by atoms with Gasteiger partial charge >= 0.3 is 0 Å². The molecular formula is C18H19BrO6. The number of ether oxygens (including phenoxy) is 2. The second-order valence-corrected chi connectivity index (χ2v) is 6.59. The summed E-state index contributed by atoms with van der Waals surface area (Å²) in [4.78, 5) is 0. The average molecular weight is 411 g/mol. The van der Waals surface area contributed by atoms with E-state index in [1.807, 2.05) is 30.3 Å². The highest BCUT2D eigenvalue weighted by Crippen LogP contribution is 2.43. The molecule has 0 bridgehead atoms. The van der Waals surface area contributed by atoms with E-state index in [1.165, 1.54) is 6.07 Å². The van der Waals surface area contributed by atoms with Gasteiger partial charge in [0.1, 0.15) is 23.7 Å². The highest BCUT2D eigenvalue weighted by molar-refractivity contribution is 9.10. The fourth-order valence-corrected chi connectivity index (χ4v) is 3.46. The number of phenolic OH excluding ortho intramolecular Hbond substituents is 2. The van der Waals surface area contributed by atoms with Crippen LogP contribution >= 0.6 is 15.9 Å². The number of aliphatic hydroxyl groups is 2.